The molecule has 5 heteroatoms. The lowest BCUT2D eigenvalue weighted by Crippen LogP contribution is -2.20. The van der Waals surface area contributed by atoms with Crippen molar-refractivity contribution >= 4 is 11.7 Å². The summed E-state index contributed by atoms with van der Waals surface area (Å²) in [5.74, 6) is 0.303. The number of aromatic hydroxyl groups is 1. The van der Waals surface area contributed by atoms with E-state index in [1.807, 2.05) is 24.3 Å². The zero-order valence-corrected chi connectivity index (χ0v) is 11.2. The minimum atomic E-state index is -0.376. The Morgan fingerprint density at radius 1 is 1.30 bits per heavy atom. The molecule has 0 radical (unpaired) electrons. The van der Waals surface area contributed by atoms with Gasteiger partial charge >= 0.3 is 0 Å². The van der Waals surface area contributed by atoms with E-state index in [9.17, 15) is 9.90 Å². The number of carbonyl (C=O) groups is 1. The van der Waals surface area contributed by atoms with Crippen LogP contribution in [-0.2, 0) is 11.2 Å². The summed E-state index contributed by atoms with van der Waals surface area (Å²) >= 11 is 0. The van der Waals surface area contributed by atoms with Crippen molar-refractivity contribution in [1.82, 2.24) is 4.98 Å². The molecule has 0 unspecified atom stereocenters. The number of rotatable bonds is 5. The van der Waals surface area contributed by atoms with Crippen LogP contribution < -0.4 is 10.1 Å². The Morgan fingerprint density at radius 2 is 2.05 bits per heavy atom. The lowest BCUT2D eigenvalue weighted by molar-refractivity contribution is -0.118. The molecule has 0 fully saturated rings. The Balaban J connectivity index is 1.87. The van der Waals surface area contributed by atoms with E-state index in [0.717, 1.165) is 6.42 Å². The number of ether oxygens (including phenoxy) is 1. The SMILES string of the molecule is CCc1ccc(OCC(=O)Nc2ncccc2O)cc1. The van der Waals surface area contributed by atoms with Crippen molar-refractivity contribution in [2.45, 2.75) is 13.3 Å². The van der Waals surface area contributed by atoms with Gasteiger partial charge in [-0.1, -0.05) is 19.1 Å². The zero-order valence-electron chi connectivity index (χ0n) is 11.2. The predicted octanol–water partition coefficient (Wildman–Crippen LogP) is 2.37. The van der Waals surface area contributed by atoms with Crippen molar-refractivity contribution in [3.8, 4) is 11.5 Å². The minimum Gasteiger partial charge on any atom is -0.504 e. The maximum atomic E-state index is 11.7. The fourth-order valence-corrected chi connectivity index (χ4v) is 1.63. The molecular weight excluding hydrogens is 256 g/mol. The lowest BCUT2D eigenvalue weighted by atomic mass is 10.2. The average Bonchev–Trinajstić information content (AvgIpc) is 2.48. The van der Waals surface area contributed by atoms with Gasteiger partial charge in [0.15, 0.2) is 18.2 Å². The van der Waals surface area contributed by atoms with E-state index in [2.05, 4.69) is 17.2 Å². The van der Waals surface area contributed by atoms with Crippen molar-refractivity contribution in [3.63, 3.8) is 0 Å². The van der Waals surface area contributed by atoms with E-state index in [-0.39, 0.29) is 24.1 Å². The number of anilines is 1. The van der Waals surface area contributed by atoms with Crippen LogP contribution in [0.2, 0.25) is 0 Å². The number of amides is 1. The molecule has 1 aromatic heterocycles. The molecule has 104 valence electrons. The summed E-state index contributed by atoms with van der Waals surface area (Å²) < 4.78 is 5.36. The normalized spacial score (nSPS) is 10.1. The Bertz CT molecular complexity index is 582. The van der Waals surface area contributed by atoms with Gasteiger partial charge < -0.3 is 15.2 Å². The van der Waals surface area contributed by atoms with Crippen LogP contribution in [0.15, 0.2) is 42.6 Å². The van der Waals surface area contributed by atoms with Crippen LogP contribution in [-0.4, -0.2) is 22.6 Å². The van der Waals surface area contributed by atoms with Crippen LogP contribution in [0.25, 0.3) is 0 Å². The lowest BCUT2D eigenvalue weighted by Gasteiger charge is -2.08. The molecule has 0 aliphatic rings. The topological polar surface area (TPSA) is 71.5 Å². The molecule has 1 amide bonds. The van der Waals surface area contributed by atoms with Gasteiger partial charge in [-0.05, 0) is 36.2 Å². The van der Waals surface area contributed by atoms with E-state index in [1.165, 1.54) is 17.8 Å². The van der Waals surface area contributed by atoms with Crippen molar-refractivity contribution in [2.24, 2.45) is 0 Å². The smallest absolute Gasteiger partial charge is 0.263 e. The quantitative estimate of drug-likeness (QED) is 0.876. The second-order valence-electron chi connectivity index (χ2n) is 4.21. The molecule has 5 nitrogen and oxygen atoms in total. The van der Waals surface area contributed by atoms with Crippen molar-refractivity contribution in [3.05, 3.63) is 48.2 Å². The standard InChI is InChI=1S/C15H16N2O3/c1-2-11-5-7-12(8-6-11)20-10-14(19)17-15-13(18)4-3-9-16-15/h3-9,18H,2,10H2,1H3,(H,16,17,19). The fourth-order valence-electron chi connectivity index (χ4n) is 1.63. The Hall–Kier alpha value is -2.56. The molecule has 0 atom stereocenters. The molecule has 0 aliphatic carbocycles. The van der Waals surface area contributed by atoms with Gasteiger partial charge in [-0.25, -0.2) is 4.98 Å². The third-order valence-electron chi connectivity index (χ3n) is 2.75. The van der Waals surface area contributed by atoms with Gasteiger partial charge in [-0.3, -0.25) is 4.79 Å². The summed E-state index contributed by atoms with van der Waals surface area (Å²) in [4.78, 5) is 15.5. The van der Waals surface area contributed by atoms with Gasteiger partial charge in [0, 0.05) is 6.20 Å². The number of hydrogen-bond acceptors (Lipinski definition) is 4. The minimum absolute atomic E-state index is 0.0758. The van der Waals surface area contributed by atoms with E-state index in [0.29, 0.717) is 5.75 Å². The number of nitrogens with zero attached hydrogens (tertiary/aromatic N) is 1. The second-order valence-corrected chi connectivity index (χ2v) is 4.21. The van der Waals surface area contributed by atoms with Crippen LogP contribution in [0.3, 0.4) is 0 Å². The van der Waals surface area contributed by atoms with Crippen molar-refractivity contribution in [1.29, 1.82) is 0 Å². The van der Waals surface area contributed by atoms with Crippen LogP contribution in [0.4, 0.5) is 5.82 Å². The van der Waals surface area contributed by atoms with Crippen LogP contribution >= 0.6 is 0 Å². The highest BCUT2D eigenvalue weighted by Gasteiger charge is 2.07. The third kappa shape index (κ3) is 3.71. The summed E-state index contributed by atoms with van der Waals surface area (Å²) in [5, 5.41) is 12.0. The van der Waals surface area contributed by atoms with E-state index >= 15 is 0 Å². The fraction of sp³-hybridized carbons (Fsp3) is 0.200. The number of carbonyl (C=O) groups excluding carboxylic acids is 1. The summed E-state index contributed by atoms with van der Waals surface area (Å²) in [6.07, 6.45) is 2.44. The van der Waals surface area contributed by atoms with Gasteiger partial charge in [0.2, 0.25) is 0 Å². The zero-order chi connectivity index (χ0) is 14.4. The predicted molar refractivity (Wildman–Crippen MR) is 75.8 cm³/mol. The summed E-state index contributed by atoms with van der Waals surface area (Å²) in [7, 11) is 0. The van der Waals surface area contributed by atoms with Crippen LogP contribution in [0.1, 0.15) is 12.5 Å². The van der Waals surface area contributed by atoms with Crippen molar-refractivity contribution in [2.75, 3.05) is 11.9 Å². The molecular formula is C15H16N2O3. The highest BCUT2D eigenvalue weighted by molar-refractivity contribution is 5.92. The highest BCUT2D eigenvalue weighted by atomic mass is 16.5. The molecule has 2 aromatic rings. The van der Waals surface area contributed by atoms with Gasteiger partial charge in [0.25, 0.3) is 5.91 Å². The first kappa shape index (κ1) is 13.9. The number of aryl methyl sites for hydroxylation is 1. The van der Waals surface area contributed by atoms with Gasteiger partial charge in [0.05, 0.1) is 0 Å². The third-order valence-corrected chi connectivity index (χ3v) is 2.75. The molecule has 2 rings (SSSR count). The summed E-state index contributed by atoms with van der Waals surface area (Å²) in [6, 6.07) is 10.6. The Kier molecular flexibility index (Phi) is 4.55. The van der Waals surface area contributed by atoms with Crippen LogP contribution in [0.5, 0.6) is 11.5 Å². The molecule has 20 heavy (non-hydrogen) atoms. The maximum Gasteiger partial charge on any atom is 0.263 e. The second kappa shape index (κ2) is 6.56. The van der Waals surface area contributed by atoms with Gasteiger partial charge in [-0.2, -0.15) is 0 Å². The molecule has 0 spiro atoms. The maximum absolute atomic E-state index is 11.7. The average molecular weight is 272 g/mol. The molecule has 1 heterocycles. The first-order valence-corrected chi connectivity index (χ1v) is 6.34. The summed E-state index contributed by atoms with van der Waals surface area (Å²) in [6.45, 7) is 1.93. The van der Waals surface area contributed by atoms with Crippen molar-refractivity contribution < 1.29 is 14.6 Å². The molecule has 0 bridgehead atoms. The molecule has 0 saturated carbocycles. The number of hydrogen-bond donors (Lipinski definition) is 2. The van der Waals surface area contributed by atoms with Gasteiger partial charge in [0.1, 0.15) is 5.75 Å². The van der Waals surface area contributed by atoms with Crippen LogP contribution in [0, 0.1) is 0 Å². The first-order valence-electron chi connectivity index (χ1n) is 6.34. The monoisotopic (exact) mass is 272 g/mol. The number of benzene rings is 1. The van der Waals surface area contributed by atoms with E-state index < -0.39 is 0 Å². The molecule has 0 aliphatic heterocycles. The Morgan fingerprint density at radius 3 is 2.70 bits per heavy atom. The Labute approximate surface area is 117 Å². The molecule has 2 N–H and O–H groups in total. The van der Waals surface area contributed by atoms with Gasteiger partial charge in [-0.15, -0.1) is 0 Å². The largest absolute Gasteiger partial charge is 0.504 e. The highest BCUT2D eigenvalue weighted by Crippen LogP contribution is 2.18. The number of aromatic nitrogens is 1. The summed E-state index contributed by atoms with van der Waals surface area (Å²) in [5.41, 5.74) is 1.21. The molecule has 1 aromatic carbocycles. The van der Waals surface area contributed by atoms with E-state index in [4.69, 9.17) is 4.74 Å². The number of nitrogens with one attached hydrogen (secondary N) is 1. The molecule has 0 saturated heterocycles. The van der Waals surface area contributed by atoms with E-state index in [1.54, 1.807) is 6.07 Å². The first-order chi connectivity index (χ1) is 9.69. The number of pyridine rings is 1.